The zero-order valence-electron chi connectivity index (χ0n) is 9.32. The second kappa shape index (κ2) is 5.07. The number of amides is 1. The fourth-order valence-electron chi connectivity index (χ4n) is 1.75. The van der Waals surface area contributed by atoms with Crippen molar-refractivity contribution in [2.75, 3.05) is 11.9 Å². The minimum Gasteiger partial charge on any atom is -0.378 e. The maximum Gasteiger partial charge on any atom is 0.248 e. The zero-order chi connectivity index (χ0) is 11.4. The van der Waals surface area contributed by atoms with Crippen molar-refractivity contribution in [1.29, 1.82) is 0 Å². The predicted octanol–water partition coefficient (Wildman–Crippen LogP) is 1.01. The van der Waals surface area contributed by atoms with Gasteiger partial charge in [0.05, 0.1) is 12.5 Å². The van der Waals surface area contributed by atoms with Crippen molar-refractivity contribution in [1.82, 2.24) is 15.2 Å². The van der Waals surface area contributed by atoms with Crippen molar-refractivity contribution >= 4 is 11.9 Å². The van der Waals surface area contributed by atoms with E-state index >= 15 is 0 Å². The van der Waals surface area contributed by atoms with Gasteiger partial charge in [-0.3, -0.25) is 15.2 Å². The SMILES string of the molecule is Cc1nc(NC(=O)CC2CCCCO2)n[nH]1. The van der Waals surface area contributed by atoms with Crippen molar-refractivity contribution in [3.63, 3.8) is 0 Å². The smallest absolute Gasteiger partial charge is 0.248 e. The van der Waals surface area contributed by atoms with E-state index < -0.39 is 0 Å². The van der Waals surface area contributed by atoms with Crippen LogP contribution in [0.1, 0.15) is 31.5 Å². The lowest BCUT2D eigenvalue weighted by atomic mass is 10.1. The van der Waals surface area contributed by atoms with Crippen LogP contribution in [0.2, 0.25) is 0 Å². The van der Waals surface area contributed by atoms with Crippen molar-refractivity contribution in [2.45, 2.75) is 38.7 Å². The third-order valence-corrected chi connectivity index (χ3v) is 2.54. The molecule has 0 aromatic carbocycles. The number of aryl methyl sites for hydroxylation is 1. The van der Waals surface area contributed by atoms with Gasteiger partial charge in [0.1, 0.15) is 5.82 Å². The average molecular weight is 224 g/mol. The number of ether oxygens (including phenoxy) is 1. The molecule has 1 saturated heterocycles. The number of aromatic nitrogens is 3. The molecular weight excluding hydrogens is 208 g/mol. The van der Waals surface area contributed by atoms with Crippen molar-refractivity contribution < 1.29 is 9.53 Å². The van der Waals surface area contributed by atoms with Crippen LogP contribution in [0.25, 0.3) is 0 Å². The Kier molecular flexibility index (Phi) is 3.51. The van der Waals surface area contributed by atoms with Gasteiger partial charge in [0.15, 0.2) is 0 Å². The lowest BCUT2D eigenvalue weighted by Gasteiger charge is -2.21. The normalized spacial score (nSPS) is 20.7. The second-order valence-corrected chi connectivity index (χ2v) is 3.99. The van der Waals surface area contributed by atoms with Crippen LogP contribution in [0.15, 0.2) is 0 Å². The number of hydrogen-bond acceptors (Lipinski definition) is 4. The highest BCUT2D eigenvalue weighted by Gasteiger charge is 2.18. The summed E-state index contributed by atoms with van der Waals surface area (Å²) < 4.78 is 5.48. The molecule has 2 N–H and O–H groups in total. The molecule has 1 aliphatic rings. The minimum atomic E-state index is -0.0918. The summed E-state index contributed by atoms with van der Waals surface area (Å²) in [5.74, 6) is 0.924. The summed E-state index contributed by atoms with van der Waals surface area (Å²) >= 11 is 0. The quantitative estimate of drug-likeness (QED) is 0.803. The number of aromatic amines is 1. The minimum absolute atomic E-state index is 0.0498. The summed E-state index contributed by atoms with van der Waals surface area (Å²) in [4.78, 5) is 15.6. The summed E-state index contributed by atoms with van der Waals surface area (Å²) in [6.45, 7) is 2.55. The molecule has 0 radical (unpaired) electrons. The number of anilines is 1. The van der Waals surface area contributed by atoms with Crippen molar-refractivity contribution in [2.24, 2.45) is 0 Å². The molecule has 0 aliphatic carbocycles. The van der Waals surface area contributed by atoms with Crippen LogP contribution >= 0.6 is 0 Å². The van der Waals surface area contributed by atoms with Gasteiger partial charge in [-0.25, -0.2) is 0 Å². The Labute approximate surface area is 93.8 Å². The molecule has 0 saturated carbocycles. The first-order valence-corrected chi connectivity index (χ1v) is 5.54. The Bertz CT molecular complexity index is 357. The molecule has 16 heavy (non-hydrogen) atoms. The third-order valence-electron chi connectivity index (χ3n) is 2.54. The topological polar surface area (TPSA) is 79.9 Å². The van der Waals surface area contributed by atoms with Crippen LogP contribution in [0, 0.1) is 6.92 Å². The molecule has 1 fully saturated rings. The van der Waals surface area contributed by atoms with E-state index in [1.165, 1.54) is 0 Å². The van der Waals surface area contributed by atoms with E-state index in [0.29, 0.717) is 18.2 Å². The van der Waals surface area contributed by atoms with E-state index in [1.807, 2.05) is 0 Å². The first kappa shape index (κ1) is 11.1. The van der Waals surface area contributed by atoms with Crippen LogP contribution in [-0.4, -0.2) is 33.8 Å². The fourth-order valence-corrected chi connectivity index (χ4v) is 1.75. The van der Waals surface area contributed by atoms with E-state index in [4.69, 9.17) is 4.74 Å². The lowest BCUT2D eigenvalue weighted by Crippen LogP contribution is -2.25. The summed E-state index contributed by atoms with van der Waals surface area (Å²) in [6, 6.07) is 0. The van der Waals surface area contributed by atoms with Gasteiger partial charge in [-0.2, -0.15) is 4.98 Å². The Balaban J connectivity index is 1.79. The van der Waals surface area contributed by atoms with Crippen LogP contribution in [-0.2, 0) is 9.53 Å². The maximum atomic E-state index is 11.6. The van der Waals surface area contributed by atoms with Crippen LogP contribution in [0.3, 0.4) is 0 Å². The highest BCUT2D eigenvalue weighted by molar-refractivity contribution is 5.89. The molecule has 2 heterocycles. The van der Waals surface area contributed by atoms with Gasteiger partial charge in [0.25, 0.3) is 0 Å². The van der Waals surface area contributed by atoms with Crippen molar-refractivity contribution in [3.8, 4) is 0 Å². The van der Waals surface area contributed by atoms with Gasteiger partial charge < -0.3 is 4.74 Å². The number of hydrogen-bond donors (Lipinski definition) is 2. The van der Waals surface area contributed by atoms with Gasteiger partial charge >= 0.3 is 0 Å². The number of carbonyl (C=O) groups is 1. The van der Waals surface area contributed by atoms with Gasteiger partial charge in [0.2, 0.25) is 11.9 Å². The highest BCUT2D eigenvalue weighted by atomic mass is 16.5. The number of nitrogens with one attached hydrogen (secondary N) is 2. The molecule has 1 aromatic rings. The number of H-pyrrole nitrogens is 1. The predicted molar refractivity (Wildman–Crippen MR) is 58.0 cm³/mol. The second-order valence-electron chi connectivity index (χ2n) is 3.99. The molecule has 0 spiro atoms. The van der Waals surface area contributed by atoms with Crippen LogP contribution in [0.5, 0.6) is 0 Å². The van der Waals surface area contributed by atoms with E-state index in [9.17, 15) is 4.79 Å². The van der Waals surface area contributed by atoms with Gasteiger partial charge in [-0.15, -0.1) is 5.10 Å². The van der Waals surface area contributed by atoms with E-state index in [0.717, 1.165) is 25.9 Å². The largest absolute Gasteiger partial charge is 0.378 e. The summed E-state index contributed by atoms with van der Waals surface area (Å²) in [5.41, 5.74) is 0. The molecule has 1 unspecified atom stereocenters. The summed E-state index contributed by atoms with van der Waals surface area (Å²) in [5, 5.41) is 9.15. The Morgan fingerprint density at radius 3 is 3.12 bits per heavy atom. The first-order chi connectivity index (χ1) is 7.74. The Morgan fingerprint density at radius 2 is 2.50 bits per heavy atom. The first-order valence-electron chi connectivity index (χ1n) is 5.54. The lowest BCUT2D eigenvalue weighted by molar-refractivity contribution is -0.119. The third kappa shape index (κ3) is 3.03. The number of rotatable bonds is 3. The molecule has 1 amide bonds. The molecule has 88 valence electrons. The van der Waals surface area contributed by atoms with Crippen molar-refractivity contribution in [3.05, 3.63) is 5.82 Å². The Morgan fingerprint density at radius 1 is 1.62 bits per heavy atom. The molecule has 0 bridgehead atoms. The number of nitrogens with zero attached hydrogens (tertiary/aromatic N) is 2. The molecule has 1 atom stereocenters. The summed E-state index contributed by atoms with van der Waals surface area (Å²) in [6.07, 6.45) is 3.62. The summed E-state index contributed by atoms with van der Waals surface area (Å²) in [7, 11) is 0. The van der Waals surface area contributed by atoms with Gasteiger partial charge in [0, 0.05) is 6.61 Å². The standard InChI is InChI=1S/C10H16N4O2/c1-7-11-10(14-13-7)12-9(15)6-8-4-2-3-5-16-8/h8H,2-6H2,1H3,(H2,11,12,13,14,15). The molecule has 1 aliphatic heterocycles. The molecule has 6 nitrogen and oxygen atoms in total. The maximum absolute atomic E-state index is 11.6. The average Bonchev–Trinajstić information content (AvgIpc) is 2.65. The zero-order valence-corrected chi connectivity index (χ0v) is 9.32. The van der Waals surface area contributed by atoms with Crippen LogP contribution < -0.4 is 5.32 Å². The fraction of sp³-hybridized carbons (Fsp3) is 0.700. The van der Waals surface area contributed by atoms with E-state index in [-0.39, 0.29) is 12.0 Å². The number of carbonyl (C=O) groups excluding carboxylic acids is 1. The molecule has 6 heteroatoms. The Hall–Kier alpha value is -1.43. The van der Waals surface area contributed by atoms with E-state index in [1.54, 1.807) is 6.92 Å². The molecular formula is C10H16N4O2. The monoisotopic (exact) mass is 224 g/mol. The van der Waals surface area contributed by atoms with E-state index in [2.05, 4.69) is 20.5 Å². The van der Waals surface area contributed by atoms with Gasteiger partial charge in [-0.05, 0) is 26.2 Å². The molecule has 2 rings (SSSR count). The molecule has 1 aromatic heterocycles. The van der Waals surface area contributed by atoms with Gasteiger partial charge in [-0.1, -0.05) is 0 Å². The van der Waals surface area contributed by atoms with Crippen LogP contribution in [0.4, 0.5) is 5.95 Å². The highest BCUT2D eigenvalue weighted by Crippen LogP contribution is 2.15.